The van der Waals surface area contributed by atoms with E-state index in [2.05, 4.69) is 0 Å². The molecule has 1 aliphatic carbocycles. The zero-order valence-electron chi connectivity index (χ0n) is 15.1. The van der Waals surface area contributed by atoms with Crippen molar-refractivity contribution in [1.82, 2.24) is 9.80 Å². The van der Waals surface area contributed by atoms with Crippen LogP contribution in [0.2, 0.25) is 0 Å². The van der Waals surface area contributed by atoms with Crippen molar-refractivity contribution in [3.05, 3.63) is 29.8 Å². The van der Waals surface area contributed by atoms with Gasteiger partial charge in [-0.1, -0.05) is 31.0 Å². The minimum absolute atomic E-state index is 0.111. The van der Waals surface area contributed by atoms with Crippen molar-refractivity contribution in [2.45, 2.75) is 38.5 Å². The predicted molar refractivity (Wildman–Crippen MR) is 96.4 cm³/mol. The van der Waals surface area contributed by atoms with Gasteiger partial charge in [-0.05, 0) is 25.3 Å². The minimum atomic E-state index is 0.111. The molecule has 1 saturated carbocycles. The number of rotatable bonds is 4. The van der Waals surface area contributed by atoms with E-state index in [0.29, 0.717) is 25.4 Å². The molecular formula is C20H28N2O3. The van der Waals surface area contributed by atoms with Gasteiger partial charge in [-0.25, -0.2) is 0 Å². The van der Waals surface area contributed by atoms with Crippen LogP contribution in [0.3, 0.4) is 0 Å². The molecule has 2 fully saturated rings. The summed E-state index contributed by atoms with van der Waals surface area (Å²) in [6.07, 6.45) is 5.62. The minimum Gasteiger partial charge on any atom is -0.496 e. The van der Waals surface area contributed by atoms with E-state index < -0.39 is 0 Å². The number of methoxy groups -OCH3 is 1. The maximum absolute atomic E-state index is 12.7. The van der Waals surface area contributed by atoms with E-state index in [4.69, 9.17) is 4.74 Å². The molecule has 1 heterocycles. The summed E-state index contributed by atoms with van der Waals surface area (Å²) in [4.78, 5) is 29.2. The molecule has 0 atom stereocenters. The molecule has 5 nitrogen and oxygen atoms in total. The monoisotopic (exact) mass is 344 g/mol. The number of para-hydroxylation sites is 1. The Morgan fingerprint density at radius 2 is 1.68 bits per heavy atom. The van der Waals surface area contributed by atoms with Gasteiger partial charge in [0.1, 0.15) is 5.75 Å². The zero-order valence-corrected chi connectivity index (χ0v) is 15.1. The van der Waals surface area contributed by atoms with Crippen LogP contribution >= 0.6 is 0 Å². The number of ether oxygens (including phenoxy) is 1. The molecule has 25 heavy (non-hydrogen) atoms. The topological polar surface area (TPSA) is 49.9 Å². The number of nitrogens with zero attached hydrogens (tertiary/aromatic N) is 2. The van der Waals surface area contributed by atoms with Crippen molar-refractivity contribution in [3.63, 3.8) is 0 Å². The highest BCUT2D eigenvalue weighted by Gasteiger charge is 2.29. The van der Waals surface area contributed by atoms with Gasteiger partial charge in [-0.15, -0.1) is 0 Å². The second kappa shape index (κ2) is 8.37. The molecule has 136 valence electrons. The van der Waals surface area contributed by atoms with Crippen LogP contribution in [-0.2, 0) is 16.0 Å². The highest BCUT2D eigenvalue weighted by atomic mass is 16.5. The first-order valence-corrected chi connectivity index (χ1v) is 9.37. The van der Waals surface area contributed by atoms with Crippen LogP contribution in [-0.4, -0.2) is 54.9 Å². The van der Waals surface area contributed by atoms with Crippen molar-refractivity contribution in [1.29, 1.82) is 0 Å². The van der Waals surface area contributed by atoms with Gasteiger partial charge >= 0.3 is 0 Å². The van der Waals surface area contributed by atoms with Crippen LogP contribution in [0.25, 0.3) is 0 Å². The van der Waals surface area contributed by atoms with E-state index in [1.807, 2.05) is 34.1 Å². The molecule has 1 aliphatic heterocycles. The third-order valence-corrected chi connectivity index (χ3v) is 5.40. The molecule has 2 amide bonds. The van der Waals surface area contributed by atoms with Crippen LogP contribution in [0.5, 0.6) is 5.75 Å². The highest BCUT2D eigenvalue weighted by Crippen LogP contribution is 2.27. The summed E-state index contributed by atoms with van der Waals surface area (Å²) in [6.45, 7) is 2.79. The maximum atomic E-state index is 12.7. The molecule has 0 radical (unpaired) electrons. The van der Waals surface area contributed by atoms with Gasteiger partial charge in [-0.2, -0.15) is 0 Å². The molecule has 3 rings (SSSR count). The standard InChI is InChI=1S/C20H28N2O3/c1-25-18-10-5-4-9-17(18)15-19(23)21-11-6-12-22(14-13-21)20(24)16-7-2-3-8-16/h4-5,9-10,16H,2-3,6-8,11-15H2,1H3. The summed E-state index contributed by atoms with van der Waals surface area (Å²) in [5.41, 5.74) is 0.915. The quantitative estimate of drug-likeness (QED) is 0.843. The third kappa shape index (κ3) is 4.33. The number of hydrogen-bond acceptors (Lipinski definition) is 3. The van der Waals surface area contributed by atoms with Crippen LogP contribution in [0.4, 0.5) is 0 Å². The van der Waals surface area contributed by atoms with Gasteiger partial charge in [0.05, 0.1) is 13.5 Å². The van der Waals surface area contributed by atoms with Gasteiger partial charge in [0, 0.05) is 37.7 Å². The Bertz CT molecular complexity index is 611. The highest BCUT2D eigenvalue weighted by molar-refractivity contribution is 5.81. The lowest BCUT2D eigenvalue weighted by atomic mass is 10.1. The molecule has 1 saturated heterocycles. The number of benzene rings is 1. The van der Waals surface area contributed by atoms with Crippen LogP contribution in [0, 0.1) is 5.92 Å². The first-order chi connectivity index (χ1) is 12.2. The molecule has 0 aromatic heterocycles. The second-order valence-corrected chi connectivity index (χ2v) is 7.03. The second-order valence-electron chi connectivity index (χ2n) is 7.03. The molecule has 1 aromatic rings. The molecule has 0 unspecified atom stereocenters. The fourth-order valence-corrected chi connectivity index (χ4v) is 3.94. The summed E-state index contributed by atoms with van der Waals surface area (Å²) in [7, 11) is 1.63. The molecular weight excluding hydrogens is 316 g/mol. The first kappa shape index (κ1) is 17.8. The normalized spacial score (nSPS) is 18.9. The number of carbonyl (C=O) groups is 2. The average Bonchev–Trinajstić information content (AvgIpc) is 3.06. The molecule has 0 spiro atoms. The van der Waals surface area contributed by atoms with E-state index in [0.717, 1.165) is 43.7 Å². The Labute approximate surface area is 149 Å². The molecule has 0 bridgehead atoms. The van der Waals surface area contributed by atoms with Crippen molar-refractivity contribution in [3.8, 4) is 5.75 Å². The van der Waals surface area contributed by atoms with E-state index in [9.17, 15) is 9.59 Å². The first-order valence-electron chi connectivity index (χ1n) is 9.37. The number of carbonyl (C=O) groups excluding carboxylic acids is 2. The van der Waals surface area contributed by atoms with Crippen LogP contribution in [0.15, 0.2) is 24.3 Å². The van der Waals surface area contributed by atoms with E-state index in [1.165, 1.54) is 12.8 Å². The molecule has 0 N–H and O–H groups in total. The summed E-state index contributed by atoms with van der Waals surface area (Å²) in [5, 5.41) is 0. The molecule has 2 aliphatic rings. The fourth-order valence-electron chi connectivity index (χ4n) is 3.94. The van der Waals surface area contributed by atoms with E-state index >= 15 is 0 Å². The van der Waals surface area contributed by atoms with Gasteiger partial charge in [0.2, 0.25) is 11.8 Å². The Balaban J connectivity index is 1.57. The summed E-state index contributed by atoms with van der Waals surface area (Å²) < 4.78 is 5.34. The maximum Gasteiger partial charge on any atom is 0.227 e. The SMILES string of the molecule is COc1ccccc1CC(=O)N1CCCN(C(=O)C2CCCC2)CC1. The van der Waals surface area contributed by atoms with Crippen molar-refractivity contribution in [2.75, 3.05) is 33.3 Å². The van der Waals surface area contributed by atoms with Crippen LogP contribution < -0.4 is 4.74 Å². The van der Waals surface area contributed by atoms with E-state index in [-0.39, 0.29) is 11.8 Å². The van der Waals surface area contributed by atoms with Crippen molar-refractivity contribution in [2.24, 2.45) is 5.92 Å². The Morgan fingerprint density at radius 3 is 2.44 bits per heavy atom. The largest absolute Gasteiger partial charge is 0.496 e. The molecule has 5 heteroatoms. The Morgan fingerprint density at radius 1 is 1.00 bits per heavy atom. The number of amides is 2. The molecule has 1 aromatic carbocycles. The lowest BCUT2D eigenvalue weighted by Gasteiger charge is -2.24. The average molecular weight is 344 g/mol. The van der Waals surface area contributed by atoms with Gasteiger partial charge in [0.25, 0.3) is 0 Å². The van der Waals surface area contributed by atoms with E-state index in [1.54, 1.807) is 7.11 Å². The summed E-state index contributed by atoms with van der Waals surface area (Å²) in [5.74, 6) is 1.38. The van der Waals surface area contributed by atoms with Crippen molar-refractivity contribution >= 4 is 11.8 Å². The Hall–Kier alpha value is -2.04. The summed E-state index contributed by atoms with van der Waals surface area (Å²) in [6, 6.07) is 7.65. The lowest BCUT2D eigenvalue weighted by molar-refractivity contribution is -0.136. The summed E-state index contributed by atoms with van der Waals surface area (Å²) >= 11 is 0. The van der Waals surface area contributed by atoms with Crippen LogP contribution in [0.1, 0.15) is 37.7 Å². The third-order valence-electron chi connectivity index (χ3n) is 5.40. The number of hydrogen-bond donors (Lipinski definition) is 0. The lowest BCUT2D eigenvalue weighted by Crippen LogP contribution is -2.39. The zero-order chi connectivity index (χ0) is 17.6. The smallest absolute Gasteiger partial charge is 0.227 e. The van der Waals surface area contributed by atoms with Gasteiger partial charge in [0.15, 0.2) is 0 Å². The predicted octanol–water partition coefficient (Wildman–Crippen LogP) is 2.49. The van der Waals surface area contributed by atoms with Crippen molar-refractivity contribution < 1.29 is 14.3 Å². The Kier molecular flexibility index (Phi) is 5.95. The van der Waals surface area contributed by atoms with Gasteiger partial charge < -0.3 is 14.5 Å². The van der Waals surface area contributed by atoms with Gasteiger partial charge in [-0.3, -0.25) is 9.59 Å². The fraction of sp³-hybridized carbons (Fsp3) is 0.600.